The molecule has 2 heteroatoms. The van der Waals surface area contributed by atoms with E-state index in [4.69, 9.17) is 10.5 Å². The van der Waals surface area contributed by atoms with Crippen LogP contribution in [0.1, 0.15) is 35.1 Å². The van der Waals surface area contributed by atoms with E-state index in [0.717, 1.165) is 11.1 Å². The van der Waals surface area contributed by atoms with Gasteiger partial charge in [0, 0.05) is 5.92 Å². The van der Waals surface area contributed by atoms with E-state index >= 15 is 0 Å². The lowest BCUT2D eigenvalue weighted by Gasteiger charge is -2.14. The molecule has 2 rings (SSSR count). The van der Waals surface area contributed by atoms with Gasteiger partial charge in [-0.3, -0.25) is 0 Å². The van der Waals surface area contributed by atoms with Crippen molar-refractivity contribution in [3.8, 4) is 12.1 Å². The predicted molar refractivity (Wildman–Crippen MR) is 69.8 cm³/mol. The van der Waals surface area contributed by atoms with Crippen LogP contribution < -0.4 is 0 Å². The molecule has 0 saturated carbocycles. The molecule has 2 nitrogen and oxygen atoms in total. The molecule has 18 heavy (non-hydrogen) atoms. The third-order valence-electron chi connectivity index (χ3n) is 3.06. The Balaban J connectivity index is 2.45. The Morgan fingerprint density at radius 2 is 1.72 bits per heavy atom. The van der Waals surface area contributed by atoms with Crippen LogP contribution in [0.3, 0.4) is 0 Å². The smallest absolute Gasteiger partial charge is 0.0994 e. The molecule has 1 unspecified atom stereocenters. The average Bonchev–Trinajstić information content (AvgIpc) is 2.46. The molecule has 0 spiro atoms. The highest BCUT2D eigenvalue weighted by molar-refractivity contribution is 5.45. The first-order valence-corrected chi connectivity index (χ1v) is 5.75. The second kappa shape index (κ2) is 5.17. The van der Waals surface area contributed by atoms with Crippen molar-refractivity contribution < 1.29 is 0 Å². The minimum atomic E-state index is 0.106. The summed E-state index contributed by atoms with van der Waals surface area (Å²) in [5.74, 6) is 0.106. The lowest BCUT2D eigenvalue weighted by molar-refractivity contribution is 0.916. The van der Waals surface area contributed by atoms with Gasteiger partial charge in [-0.25, -0.2) is 0 Å². The molecule has 0 heterocycles. The number of hydrogen-bond donors (Lipinski definition) is 0. The molecule has 0 aliphatic rings. The van der Waals surface area contributed by atoms with E-state index in [9.17, 15) is 0 Å². The first-order chi connectivity index (χ1) is 8.76. The van der Waals surface area contributed by atoms with Gasteiger partial charge in [-0.15, -0.1) is 0 Å². The highest BCUT2D eigenvalue weighted by Crippen LogP contribution is 2.26. The van der Waals surface area contributed by atoms with E-state index in [-0.39, 0.29) is 5.92 Å². The number of nitrogens with zero attached hydrogens (tertiary/aromatic N) is 2. The Kier molecular flexibility index (Phi) is 3.41. The van der Waals surface area contributed by atoms with Gasteiger partial charge in [-0.05, 0) is 29.3 Å². The maximum Gasteiger partial charge on any atom is 0.0994 e. The van der Waals surface area contributed by atoms with Crippen molar-refractivity contribution in [1.82, 2.24) is 0 Å². The largest absolute Gasteiger partial charge is 0.192 e. The van der Waals surface area contributed by atoms with Crippen LogP contribution >= 0.6 is 0 Å². The van der Waals surface area contributed by atoms with Gasteiger partial charge in [0.1, 0.15) is 0 Å². The Morgan fingerprint density at radius 1 is 0.944 bits per heavy atom. The summed E-state index contributed by atoms with van der Waals surface area (Å²) < 4.78 is 0. The van der Waals surface area contributed by atoms with Crippen molar-refractivity contribution in [3.63, 3.8) is 0 Å². The van der Waals surface area contributed by atoms with Crippen LogP contribution in [-0.2, 0) is 0 Å². The molecule has 0 amide bonds. The Labute approximate surface area is 107 Å². The number of benzene rings is 2. The fourth-order valence-corrected chi connectivity index (χ4v) is 2.03. The van der Waals surface area contributed by atoms with Gasteiger partial charge < -0.3 is 0 Å². The van der Waals surface area contributed by atoms with Gasteiger partial charge in [0.15, 0.2) is 0 Å². The second-order valence-corrected chi connectivity index (χ2v) is 4.16. The van der Waals surface area contributed by atoms with Gasteiger partial charge >= 0.3 is 0 Å². The van der Waals surface area contributed by atoms with Crippen molar-refractivity contribution in [3.05, 3.63) is 70.8 Å². The Bertz CT molecular complexity index is 645. The maximum absolute atomic E-state index is 9.11. The molecular formula is C16H12N2. The molecule has 0 saturated heterocycles. The van der Waals surface area contributed by atoms with Gasteiger partial charge in [-0.1, -0.05) is 37.3 Å². The SMILES string of the molecule is CC(c1cccc(C#N)c1)c1ccccc1C#N. The topological polar surface area (TPSA) is 47.6 Å². The van der Waals surface area contributed by atoms with Crippen LogP contribution in [-0.4, -0.2) is 0 Å². The summed E-state index contributed by atoms with van der Waals surface area (Å²) >= 11 is 0. The zero-order valence-corrected chi connectivity index (χ0v) is 10.1. The molecule has 2 aromatic carbocycles. The minimum absolute atomic E-state index is 0.106. The summed E-state index contributed by atoms with van der Waals surface area (Å²) in [5.41, 5.74) is 3.38. The standard InChI is InChI=1S/C16H12N2/c1-12(14-7-4-5-13(9-14)10-17)16-8-3-2-6-15(16)11-18/h2-9,12H,1H3. The van der Waals surface area contributed by atoms with Crippen LogP contribution in [0.15, 0.2) is 48.5 Å². The van der Waals surface area contributed by atoms with Gasteiger partial charge in [0.05, 0.1) is 23.3 Å². The predicted octanol–water partition coefficient (Wildman–Crippen LogP) is 3.58. The average molecular weight is 232 g/mol. The van der Waals surface area contributed by atoms with Crippen LogP contribution in [0.2, 0.25) is 0 Å². The first-order valence-electron chi connectivity index (χ1n) is 5.75. The fourth-order valence-electron chi connectivity index (χ4n) is 2.03. The van der Waals surface area contributed by atoms with Crippen LogP contribution in [0.4, 0.5) is 0 Å². The summed E-state index contributed by atoms with van der Waals surface area (Å²) in [7, 11) is 0. The molecule has 0 aromatic heterocycles. The first kappa shape index (κ1) is 11.9. The van der Waals surface area contributed by atoms with Crippen LogP contribution in [0, 0.1) is 22.7 Å². The molecule has 0 bridgehead atoms. The van der Waals surface area contributed by atoms with Crippen LogP contribution in [0.25, 0.3) is 0 Å². The zero-order chi connectivity index (χ0) is 13.0. The molecule has 0 aliphatic heterocycles. The third-order valence-corrected chi connectivity index (χ3v) is 3.06. The molecule has 0 aliphatic carbocycles. The molecule has 1 atom stereocenters. The summed E-state index contributed by atoms with van der Waals surface area (Å²) in [4.78, 5) is 0. The van der Waals surface area contributed by atoms with Gasteiger partial charge in [-0.2, -0.15) is 10.5 Å². The highest BCUT2D eigenvalue weighted by atomic mass is 14.3. The van der Waals surface area contributed by atoms with Crippen molar-refractivity contribution in [1.29, 1.82) is 10.5 Å². The van der Waals surface area contributed by atoms with Gasteiger partial charge in [0.25, 0.3) is 0 Å². The van der Waals surface area contributed by atoms with E-state index in [1.54, 1.807) is 6.07 Å². The van der Waals surface area contributed by atoms with Gasteiger partial charge in [0.2, 0.25) is 0 Å². The van der Waals surface area contributed by atoms with Crippen molar-refractivity contribution in [2.75, 3.05) is 0 Å². The third kappa shape index (κ3) is 2.24. The monoisotopic (exact) mass is 232 g/mol. The van der Waals surface area contributed by atoms with Crippen LogP contribution in [0.5, 0.6) is 0 Å². The molecule has 0 radical (unpaired) electrons. The Hall–Kier alpha value is -2.58. The van der Waals surface area contributed by atoms with E-state index in [1.165, 1.54) is 0 Å². The number of nitriles is 2. The van der Waals surface area contributed by atoms with Crippen molar-refractivity contribution >= 4 is 0 Å². The number of hydrogen-bond acceptors (Lipinski definition) is 2. The van der Waals surface area contributed by atoms with E-state index in [0.29, 0.717) is 11.1 Å². The molecule has 0 N–H and O–H groups in total. The van der Waals surface area contributed by atoms with E-state index in [2.05, 4.69) is 12.1 Å². The molecule has 0 fully saturated rings. The summed E-state index contributed by atoms with van der Waals surface area (Å²) in [6.07, 6.45) is 0. The van der Waals surface area contributed by atoms with Crippen molar-refractivity contribution in [2.45, 2.75) is 12.8 Å². The summed E-state index contributed by atoms with van der Waals surface area (Å²) in [5, 5.41) is 18.0. The minimum Gasteiger partial charge on any atom is -0.192 e. The summed E-state index contributed by atoms with van der Waals surface area (Å²) in [6.45, 7) is 2.05. The quantitative estimate of drug-likeness (QED) is 0.794. The fraction of sp³-hybridized carbons (Fsp3) is 0.125. The zero-order valence-electron chi connectivity index (χ0n) is 10.1. The normalized spacial score (nSPS) is 11.3. The number of rotatable bonds is 2. The van der Waals surface area contributed by atoms with E-state index < -0.39 is 0 Å². The highest BCUT2D eigenvalue weighted by Gasteiger charge is 2.12. The second-order valence-electron chi connectivity index (χ2n) is 4.16. The molecule has 2 aromatic rings. The molecular weight excluding hydrogens is 220 g/mol. The molecule has 86 valence electrons. The maximum atomic E-state index is 9.11. The summed E-state index contributed by atoms with van der Waals surface area (Å²) in [6, 6.07) is 19.4. The van der Waals surface area contributed by atoms with Crippen molar-refractivity contribution in [2.24, 2.45) is 0 Å². The van der Waals surface area contributed by atoms with E-state index in [1.807, 2.05) is 49.4 Å². The Morgan fingerprint density at radius 3 is 2.44 bits per heavy atom. The lowest BCUT2D eigenvalue weighted by Crippen LogP contribution is -1.99. The lowest BCUT2D eigenvalue weighted by atomic mass is 9.89.